The minimum absolute atomic E-state index is 0.000914. The molecule has 0 fully saturated rings. The van der Waals surface area contributed by atoms with Gasteiger partial charge in [0.2, 0.25) is 5.91 Å². The van der Waals surface area contributed by atoms with Gasteiger partial charge in [0.25, 0.3) is 0 Å². The molecule has 0 radical (unpaired) electrons. The first-order chi connectivity index (χ1) is 16.0. The molecule has 4 aromatic rings. The first kappa shape index (κ1) is 22.0. The fourth-order valence-corrected chi connectivity index (χ4v) is 3.74. The molecule has 168 valence electrons. The molecule has 0 saturated carbocycles. The second kappa shape index (κ2) is 9.48. The van der Waals surface area contributed by atoms with Crippen molar-refractivity contribution in [3.63, 3.8) is 0 Å². The summed E-state index contributed by atoms with van der Waals surface area (Å²) in [6.45, 7) is 0. The Hall–Kier alpha value is -4.26. The molecule has 1 aromatic heterocycles. The highest BCUT2D eigenvalue weighted by Crippen LogP contribution is 2.38. The van der Waals surface area contributed by atoms with E-state index in [9.17, 15) is 9.90 Å². The number of hydrogen-bond donors (Lipinski definition) is 3. The van der Waals surface area contributed by atoms with Crippen LogP contribution in [0.1, 0.15) is 23.1 Å². The highest BCUT2D eigenvalue weighted by atomic mass is 16.5. The van der Waals surface area contributed by atoms with Crippen LogP contribution in [-0.2, 0) is 11.2 Å². The summed E-state index contributed by atoms with van der Waals surface area (Å²) in [5.74, 6) is 0.783. The Bertz CT molecular complexity index is 1310. The molecule has 33 heavy (non-hydrogen) atoms. The van der Waals surface area contributed by atoms with E-state index in [1.54, 1.807) is 20.3 Å². The molecule has 0 saturated heterocycles. The lowest BCUT2D eigenvalue weighted by Crippen LogP contribution is -2.11. The molecule has 1 heterocycles. The van der Waals surface area contributed by atoms with Gasteiger partial charge in [-0.25, -0.2) is 4.99 Å². The normalized spacial score (nSPS) is 11.5. The maximum absolute atomic E-state index is 11.1. The molecule has 1 amide bonds. The predicted molar refractivity (Wildman–Crippen MR) is 129 cm³/mol. The number of aryl methyl sites for hydroxylation is 1. The van der Waals surface area contributed by atoms with E-state index in [0.717, 1.165) is 16.5 Å². The number of amides is 1. The van der Waals surface area contributed by atoms with Crippen LogP contribution in [0.2, 0.25) is 0 Å². The number of aliphatic imine (C=N–C) groups is 1. The molecule has 3 aromatic carbocycles. The molecule has 4 N–H and O–H groups in total. The summed E-state index contributed by atoms with van der Waals surface area (Å²) in [5.41, 5.74) is 9.68. The second-order valence-corrected chi connectivity index (χ2v) is 7.56. The zero-order valence-corrected chi connectivity index (χ0v) is 18.5. The third kappa shape index (κ3) is 4.67. The molecular weight excluding hydrogens is 418 g/mol. The monoisotopic (exact) mass is 443 g/mol. The van der Waals surface area contributed by atoms with Crippen LogP contribution >= 0.6 is 0 Å². The van der Waals surface area contributed by atoms with Crippen molar-refractivity contribution in [2.45, 2.75) is 12.8 Å². The van der Waals surface area contributed by atoms with Crippen molar-refractivity contribution in [3.05, 3.63) is 83.4 Å². The van der Waals surface area contributed by atoms with E-state index in [1.165, 1.54) is 0 Å². The van der Waals surface area contributed by atoms with Gasteiger partial charge in [0.05, 0.1) is 36.7 Å². The summed E-state index contributed by atoms with van der Waals surface area (Å²) < 4.78 is 10.9. The Morgan fingerprint density at radius 3 is 2.30 bits per heavy atom. The average molecular weight is 444 g/mol. The Labute approximate surface area is 191 Å². The zero-order chi connectivity index (χ0) is 23.4. The molecule has 4 rings (SSSR count). The lowest BCUT2D eigenvalue weighted by Gasteiger charge is -2.10. The lowest BCUT2D eigenvalue weighted by molar-refractivity contribution is -0.117. The molecule has 0 aliphatic rings. The largest absolute Gasteiger partial charge is 0.494 e. The third-order valence-corrected chi connectivity index (χ3v) is 5.40. The molecule has 0 spiro atoms. The first-order valence-electron chi connectivity index (χ1n) is 10.5. The quantitative estimate of drug-likeness (QED) is 0.349. The van der Waals surface area contributed by atoms with Crippen LogP contribution in [0, 0.1) is 0 Å². The van der Waals surface area contributed by atoms with Gasteiger partial charge in [-0.2, -0.15) is 0 Å². The standard InChI is InChI=1S/C26H25N3O4/c1-32-21-14-19-20(15-22(21)33-2)29-26(31)24(19)25(17-6-4-3-5-7-17)28-18-11-8-16(9-12-18)10-13-23(27)30/h3-9,11-12,14-15,29,31H,10,13H2,1-2H3,(H2,27,30). The van der Waals surface area contributed by atoms with E-state index in [0.29, 0.717) is 46.8 Å². The first-order valence-corrected chi connectivity index (χ1v) is 10.5. The number of aromatic nitrogens is 1. The van der Waals surface area contributed by atoms with Crippen molar-refractivity contribution >= 4 is 28.2 Å². The molecule has 7 heteroatoms. The molecule has 7 nitrogen and oxygen atoms in total. The highest BCUT2D eigenvalue weighted by Gasteiger charge is 2.21. The van der Waals surface area contributed by atoms with Crippen molar-refractivity contribution in [2.24, 2.45) is 10.7 Å². The summed E-state index contributed by atoms with van der Waals surface area (Å²) in [5, 5.41) is 11.6. The Morgan fingerprint density at radius 2 is 1.67 bits per heavy atom. The number of ether oxygens (including phenoxy) is 2. The summed E-state index contributed by atoms with van der Waals surface area (Å²) >= 11 is 0. The van der Waals surface area contributed by atoms with E-state index < -0.39 is 0 Å². The summed E-state index contributed by atoms with van der Waals surface area (Å²) in [6.07, 6.45) is 0.877. The van der Waals surface area contributed by atoms with E-state index in [-0.39, 0.29) is 11.8 Å². The Balaban J connectivity index is 1.85. The fraction of sp³-hybridized carbons (Fsp3) is 0.154. The van der Waals surface area contributed by atoms with Crippen molar-refractivity contribution in [1.29, 1.82) is 0 Å². The number of primary amides is 1. The van der Waals surface area contributed by atoms with Crippen molar-refractivity contribution in [2.75, 3.05) is 14.2 Å². The maximum Gasteiger partial charge on any atom is 0.217 e. The van der Waals surface area contributed by atoms with E-state index >= 15 is 0 Å². The van der Waals surface area contributed by atoms with Crippen LogP contribution in [0.15, 0.2) is 71.7 Å². The second-order valence-electron chi connectivity index (χ2n) is 7.56. The molecule has 0 aliphatic heterocycles. The molecule has 0 atom stereocenters. The van der Waals surface area contributed by atoms with Gasteiger partial charge in [0.15, 0.2) is 17.4 Å². The highest BCUT2D eigenvalue weighted by molar-refractivity contribution is 6.22. The van der Waals surface area contributed by atoms with Crippen LogP contribution in [0.4, 0.5) is 5.69 Å². The topological polar surface area (TPSA) is 110 Å². The molecular formula is C26H25N3O4. The van der Waals surface area contributed by atoms with E-state index in [2.05, 4.69) is 4.98 Å². The number of H-pyrrole nitrogens is 1. The number of aromatic hydroxyl groups is 1. The van der Waals surface area contributed by atoms with Crippen molar-refractivity contribution < 1.29 is 19.4 Å². The van der Waals surface area contributed by atoms with Gasteiger partial charge in [-0.3, -0.25) is 4.79 Å². The fourth-order valence-electron chi connectivity index (χ4n) is 3.74. The number of methoxy groups -OCH3 is 2. The molecule has 0 bridgehead atoms. The van der Waals surface area contributed by atoms with E-state index in [1.807, 2.05) is 60.7 Å². The number of aromatic amines is 1. The molecule has 0 unspecified atom stereocenters. The van der Waals surface area contributed by atoms with Crippen LogP contribution < -0.4 is 15.2 Å². The van der Waals surface area contributed by atoms with Crippen LogP contribution in [0.3, 0.4) is 0 Å². The van der Waals surface area contributed by atoms with Gasteiger partial charge in [-0.1, -0.05) is 42.5 Å². The lowest BCUT2D eigenvalue weighted by atomic mass is 10.0. The molecule has 0 aliphatic carbocycles. The number of rotatable bonds is 8. The number of carbonyl (C=O) groups excluding carboxylic acids is 1. The number of benzene rings is 3. The minimum Gasteiger partial charge on any atom is -0.494 e. The van der Waals surface area contributed by atoms with Gasteiger partial charge in [0.1, 0.15) is 0 Å². The summed E-state index contributed by atoms with van der Waals surface area (Å²) in [6, 6.07) is 20.9. The average Bonchev–Trinajstić information content (AvgIpc) is 3.15. The van der Waals surface area contributed by atoms with Crippen LogP contribution in [0.25, 0.3) is 10.9 Å². The summed E-state index contributed by atoms with van der Waals surface area (Å²) in [7, 11) is 3.14. The summed E-state index contributed by atoms with van der Waals surface area (Å²) in [4.78, 5) is 19.0. The Morgan fingerprint density at radius 1 is 1.00 bits per heavy atom. The zero-order valence-electron chi connectivity index (χ0n) is 18.5. The number of nitrogens with zero attached hydrogens (tertiary/aromatic N) is 1. The van der Waals surface area contributed by atoms with Crippen molar-refractivity contribution in [1.82, 2.24) is 4.98 Å². The maximum atomic E-state index is 11.1. The number of fused-ring (bicyclic) bond motifs is 1. The minimum atomic E-state index is -0.328. The third-order valence-electron chi connectivity index (χ3n) is 5.40. The Kier molecular flexibility index (Phi) is 6.31. The van der Waals surface area contributed by atoms with Crippen LogP contribution in [0.5, 0.6) is 17.4 Å². The van der Waals surface area contributed by atoms with E-state index in [4.69, 9.17) is 20.2 Å². The number of nitrogens with two attached hydrogens (primary N) is 1. The number of hydrogen-bond acceptors (Lipinski definition) is 5. The smallest absolute Gasteiger partial charge is 0.217 e. The van der Waals surface area contributed by atoms with Crippen molar-refractivity contribution in [3.8, 4) is 17.4 Å². The van der Waals surface area contributed by atoms with Gasteiger partial charge >= 0.3 is 0 Å². The SMILES string of the molecule is COc1cc2[nH]c(O)c(C(=Nc3ccc(CCC(N)=O)cc3)c3ccccc3)c2cc1OC. The number of carbonyl (C=O) groups is 1. The van der Waals surface area contributed by atoms with Crippen LogP contribution in [-0.4, -0.2) is 35.9 Å². The van der Waals surface area contributed by atoms with Gasteiger partial charge < -0.3 is 25.3 Å². The van der Waals surface area contributed by atoms with Gasteiger partial charge in [0, 0.05) is 23.4 Å². The van der Waals surface area contributed by atoms with Gasteiger partial charge in [-0.05, 0) is 30.2 Å². The predicted octanol–water partition coefficient (Wildman–Crippen LogP) is 4.48. The number of nitrogens with one attached hydrogen (secondary N) is 1. The van der Waals surface area contributed by atoms with Gasteiger partial charge in [-0.15, -0.1) is 0 Å².